The van der Waals surface area contributed by atoms with Gasteiger partial charge in [0.2, 0.25) is 0 Å². The van der Waals surface area contributed by atoms with E-state index < -0.39 is 0 Å². The molecule has 2 aromatic rings. The van der Waals surface area contributed by atoms with E-state index in [-0.39, 0.29) is 30.7 Å². The predicted molar refractivity (Wildman–Crippen MR) is 97.8 cm³/mol. The van der Waals surface area contributed by atoms with E-state index >= 15 is 0 Å². The topological polar surface area (TPSA) is 45.2 Å². The third-order valence-electron chi connectivity index (χ3n) is 3.81. The molecular formula is C17H21Cl2N3O. The number of nitrogens with one attached hydrogen (secondary N) is 1. The van der Waals surface area contributed by atoms with E-state index in [9.17, 15) is 4.79 Å². The zero-order valence-electron chi connectivity index (χ0n) is 13.0. The molecule has 2 heterocycles. The number of carbonyl (C=O) groups is 1. The zero-order chi connectivity index (χ0) is 14.7. The second-order valence-electron chi connectivity index (χ2n) is 5.19. The van der Waals surface area contributed by atoms with Gasteiger partial charge in [0.15, 0.2) is 0 Å². The van der Waals surface area contributed by atoms with E-state index in [0.29, 0.717) is 13.1 Å². The van der Waals surface area contributed by atoms with Gasteiger partial charge in [0.05, 0.1) is 12.2 Å². The molecule has 0 bridgehead atoms. The molecule has 0 saturated carbocycles. The van der Waals surface area contributed by atoms with Gasteiger partial charge in [-0.05, 0) is 49.2 Å². The third kappa shape index (κ3) is 4.36. The summed E-state index contributed by atoms with van der Waals surface area (Å²) in [4.78, 5) is 18.8. The summed E-state index contributed by atoms with van der Waals surface area (Å²) >= 11 is 0. The molecule has 1 aromatic carbocycles. The molecule has 4 nitrogen and oxygen atoms in total. The summed E-state index contributed by atoms with van der Waals surface area (Å²) in [5.41, 5.74) is 4.06. The number of halogens is 2. The van der Waals surface area contributed by atoms with Crippen molar-refractivity contribution in [3.05, 3.63) is 59.4 Å². The number of hydrogen-bond donors (Lipinski definition) is 1. The number of pyridine rings is 1. The van der Waals surface area contributed by atoms with Crippen molar-refractivity contribution in [2.45, 2.75) is 19.9 Å². The lowest BCUT2D eigenvalue weighted by molar-refractivity contribution is 0.0750. The van der Waals surface area contributed by atoms with E-state index in [2.05, 4.69) is 10.3 Å². The van der Waals surface area contributed by atoms with Crippen molar-refractivity contribution in [2.24, 2.45) is 0 Å². The first-order valence-corrected chi connectivity index (χ1v) is 7.34. The summed E-state index contributed by atoms with van der Waals surface area (Å²) in [6, 6.07) is 11.7. The van der Waals surface area contributed by atoms with Crippen LogP contribution >= 0.6 is 24.8 Å². The minimum Gasteiger partial charge on any atom is -0.384 e. The second kappa shape index (κ2) is 8.75. The number of anilines is 1. The maximum Gasteiger partial charge on any atom is 0.254 e. The number of fused-ring (bicyclic) bond motifs is 1. The van der Waals surface area contributed by atoms with Crippen molar-refractivity contribution in [1.82, 2.24) is 9.88 Å². The number of hydrogen-bond acceptors (Lipinski definition) is 3. The maximum atomic E-state index is 12.7. The highest BCUT2D eigenvalue weighted by molar-refractivity contribution is 5.95. The van der Waals surface area contributed by atoms with Crippen LogP contribution < -0.4 is 5.32 Å². The van der Waals surface area contributed by atoms with Crippen molar-refractivity contribution in [3.8, 4) is 0 Å². The quantitative estimate of drug-likeness (QED) is 0.913. The highest BCUT2D eigenvalue weighted by Crippen LogP contribution is 2.23. The van der Waals surface area contributed by atoms with Crippen LogP contribution in [0.5, 0.6) is 0 Å². The fourth-order valence-corrected chi connectivity index (χ4v) is 2.63. The van der Waals surface area contributed by atoms with Crippen LogP contribution in [0.25, 0.3) is 0 Å². The number of aromatic nitrogens is 1. The van der Waals surface area contributed by atoms with Crippen LogP contribution in [-0.4, -0.2) is 28.9 Å². The average molecular weight is 354 g/mol. The summed E-state index contributed by atoms with van der Waals surface area (Å²) in [7, 11) is 0. The van der Waals surface area contributed by atoms with Crippen molar-refractivity contribution in [3.63, 3.8) is 0 Å². The van der Waals surface area contributed by atoms with E-state index in [0.717, 1.165) is 29.9 Å². The molecule has 1 N–H and O–H groups in total. The molecule has 1 aliphatic rings. The SMILES string of the molecule is CCN(Cc1ccccn1)C(=O)c1ccc2c(c1)CCN2.Cl.Cl. The van der Waals surface area contributed by atoms with Crippen molar-refractivity contribution < 1.29 is 4.79 Å². The monoisotopic (exact) mass is 353 g/mol. The van der Waals surface area contributed by atoms with Gasteiger partial charge in [-0.3, -0.25) is 9.78 Å². The number of carbonyl (C=O) groups excluding carboxylic acids is 1. The molecule has 0 fully saturated rings. The summed E-state index contributed by atoms with van der Waals surface area (Å²) in [6.07, 6.45) is 2.75. The Morgan fingerprint density at radius 3 is 2.78 bits per heavy atom. The molecule has 124 valence electrons. The summed E-state index contributed by atoms with van der Waals surface area (Å²) in [6.45, 7) is 4.17. The molecule has 23 heavy (non-hydrogen) atoms. The molecular weight excluding hydrogens is 333 g/mol. The number of benzene rings is 1. The smallest absolute Gasteiger partial charge is 0.254 e. The molecule has 0 spiro atoms. The first kappa shape index (κ1) is 19.3. The van der Waals surface area contributed by atoms with Gasteiger partial charge in [-0.25, -0.2) is 0 Å². The molecule has 1 aliphatic heterocycles. The van der Waals surface area contributed by atoms with Gasteiger partial charge < -0.3 is 10.2 Å². The Labute approximate surface area is 149 Å². The third-order valence-corrected chi connectivity index (χ3v) is 3.81. The number of rotatable bonds is 4. The van der Waals surface area contributed by atoms with Gasteiger partial charge in [-0.2, -0.15) is 0 Å². The Kier molecular flexibility index (Phi) is 7.33. The van der Waals surface area contributed by atoms with E-state index in [1.807, 2.05) is 48.2 Å². The Morgan fingerprint density at radius 1 is 1.26 bits per heavy atom. The lowest BCUT2D eigenvalue weighted by Gasteiger charge is -2.21. The van der Waals surface area contributed by atoms with Gasteiger partial charge in [-0.15, -0.1) is 24.8 Å². The predicted octanol–water partition coefficient (Wildman–Crippen LogP) is 3.56. The van der Waals surface area contributed by atoms with Gasteiger partial charge >= 0.3 is 0 Å². The highest BCUT2D eigenvalue weighted by Gasteiger charge is 2.18. The maximum absolute atomic E-state index is 12.7. The Bertz CT molecular complexity index is 650. The first-order valence-electron chi connectivity index (χ1n) is 7.34. The van der Waals surface area contributed by atoms with Crippen molar-refractivity contribution in [1.29, 1.82) is 0 Å². The van der Waals surface area contributed by atoms with Crippen LogP contribution in [0.15, 0.2) is 42.6 Å². The van der Waals surface area contributed by atoms with Gasteiger partial charge in [0, 0.05) is 30.5 Å². The second-order valence-corrected chi connectivity index (χ2v) is 5.19. The lowest BCUT2D eigenvalue weighted by atomic mass is 10.1. The van der Waals surface area contributed by atoms with Crippen molar-refractivity contribution >= 4 is 36.4 Å². The molecule has 1 aromatic heterocycles. The van der Waals surface area contributed by atoms with Gasteiger partial charge in [0.25, 0.3) is 5.91 Å². The van der Waals surface area contributed by atoms with Gasteiger partial charge in [0.1, 0.15) is 0 Å². The van der Waals surface area contributed by atoms with Gasteiger partial charge in [-0.1, -0.05) is 6.07 Å². The first-order chi connectivity index (χ1) is 10.3. The van der Waals surface area contributed by atoms with Crippen LogP contribution in [-0.2, 0) is 13.0 Å². The molecule has 0 atom stereocenters. The Balaban J connectivity index is 0.00000132. The van der Waals surface area contributed by atoms with E-state index in [1.54, 1.807) is 6.20 Å². The van der Waals surface area contributed by atoms with Crippen molar-refractivity contribution in [2.75, 3.05) is 18.4 Å². The summed E-state index contributed by atoms with van der Waals surface area (Å²) in [5, 5.41) is 3.31. The molecule has 6 heteroatoms. The van der Waals surface area contributed by atoms with Crippen LogP contribution in [0.4, 0.5) is 5.69 Å². The fraction of sp³-hybridized carbons (Fsp3) is 0.294. The summed E-state index contributed by atoms with van der Waals surface area (Å²) < 4.78 is 0. The van der Waals surface area contributed by atoms with Crippen LogP contribution in [0.1, 0.15) is 28.5 Å². The van der Waals surface area contributed by atoms with E-state index in [4.69, 9.17) is 0 Å². The molecule has 0 aliphatic carbocycles. The van der Waals surface area contributed by atoms with Crippen LogP contribution in [0.3, 0.4) is 0 Å². The molecule has 3 rings (SSSR count). The molecule has 0 unspecified atom stereocenters. The molecule has 1 amide bonds. The minimum absolute atomic E-state index is 0. The normalized spacial score (nSPS) is 11.5. The fourth-order valence-electron chi connectivity index (χ4n) is 2.63. The molecule has 0 radical (unpaired) electrons. The number of amides is 1. The standard InChI is InChI=1S/C17H19N3O.2ClH/c1-2-20(12-15-5-3-4-9-18-15)17(21)14-6-7-16-13(11-14)8-10-19-16;;/h3-7,9,11,19H,2,8,10,12H2,1H3;2*1H. The Hall–Kier alpha value is -1.78. The van der Waals surface area contributed by atoms with Crippen LogP contribution in [0, 0.1) is 0 Å². The molecule has 0 saturated heterocycles. The van der Waals surface area contributed by atoms with Crippen LogP contribution in [0.2, 0.25) is 0 Å². The minimum atomic E-state index is 0. The van der Waals surface area contributed by atoms with E-state index in [1.165, 1.54) is 5.56 Å². The largest absolute Gasteiger partial charge is 0.384 e. The summed E-state index contributed by atoms with van der Waals surface area (Å²) in [5.74, 6) is 0.0675. The zero-order valence-corrected chi connectivity index (χ0v) is 14.6. The average Bonchev–Trinajstić information content (AvgIpc) is 3.00. The highest BCUT2D eigenvalue weighted by atomic mass is 35.5. The Morgan fingerprint density at radius 2 is 2.09 bits per heavy atom. The lowest BCUT2D eigenvalue weighted by Crippen LogP contribution is -2.30. The number of nitrogens with zero attached hydrogens (tertiary/aromatic N) is 2.